The lowest BCUT2D eigenvalue weighted by Crippen LogP contribution is -2.21. The number of hydrogen-bond acceptors (Lipinski definition) is 3. The van der Waals surface area contributed by atoms with Crippen molar-refractivity contribution in [1.82, 2.24) is 9.78 Å². The van der Waals surface area contributed by atoms with E-state index in [1.807, 2.05) is 12.1 Å². The van der Waals surface area contributed by atoms with Crippen molar-refractivity contribution in [3.8, 4) is 0 Å². The number of hydrogen-bond donors (Lipinski definition) is 1. The Morgan fingerprint density at radius 3 is 2.90 bits per heavy atom. The summed E-state index contributed by atoms with van der Waals surface area (Å²) in [5, 5.41) is 7.22. The number of aryl methyl sites for hydroxylation is 2. The average Bonchev–Trinajstić information content (AvgIpc) is 2.43. The summed E-state index contributed by atoms with van der Waals surface area (Å²) in [6.45, 7) is 0.792. The number of benzene rings is 1. The van der Waals surface area contributed by atoms with Gasteiger partial charge in [-0.25, -0.2) is 4.68 Å². The maximum Gasteiger partial charge on any atom is 0.282 e. The van der Waals surface area contributed by atoms with E-state index in [-0.39, 0.29) is 5.56 Å². The average molecular weight is 401 g/mol. The van der Waals surface area contributed by atoms with Gasteiger partial charge in [-0.1, -0.05) is 28.1 Å². The van der Waals surface area contributed by atoms with E-state index in [1.165, 1.54) is 10.2 Å². The van der Waals surface area contributed by atoms with Crippen molar-refractivity contribution in [1.29, 1.82) is 0 Å². The topological polar surface area (TPSA) is 46.9 Å². The molecule has 2 aromatic rings. The lowest BCUT2D eigenvalue weighted by atomic mass is 10.1. The lowest BCUT2D eigenvalue weighted by molar-refractivity contribution is 0.702. The third-order valence-electron chi connectivity index (χ3n) is 2.92. The summed E-state index contributed by atoms with van der Waals surface area (Å²) in [5.74, 6) is 0. The van der Waals surface area contributed by atoms with Crippen LogP contribution in [0, 0.1) is 0 Å². The van der Waals surface area contributed by atoms with E-state index in [0.717, 1.165) is 29.5 Å². The van der Waals surface area contributed by atoms with E-state index in [9.17, 15) is 4.79 Å². The van der Waals surface area contributed by atoms with Crippen molar-refractivity contribution in [2.24, 2.45) is 7.05 Å². The lowest BCUT2D eigenvalue weighted by Gasteiger charge is -2.08. The van der Waals surface area contributed by atoms with E-state index in [0.29, 0.717) is 4.47 Å². The Hall–Kier alpha value is -1.14. The zero-order chi connectivity index (χ0) is 14.5. The smallest absolute Gasteiger partial charge is 0.282 e. The van der Waals surface area contributed by atoms with Gasteiger partial charge in [0.05, 0.1) is 11.9 Å². The summed E-state index contributed by atoms with van der Waals surface area (Å²) in [6, 6.07) is 8.29. The second-order valence-corrected chi connectivity index (χ2v) is 6.17. The quantitative estimate of drug-likeness (QED) is 0.783. The molecule has 0 bridgehead atoms. The Kier molecular flexibility index (Phi) is 5.37. The van der Waals surface area contributed by atoms with E-state index < -0.39 is 0 Å². The predicted octanol–water partition coefficient (Wildman–Crippen LogP) is 3.35. The summed E-state index contributed by atoms with van der Waals surface area (Å²) in [5.41, 5.74) is 1.90. The standard InChI is InChI=1S/C14H15Br2N3O/c1-19-14(20)13(16)12(9-18-19)17-7-3-5-10-4-2-6-11(15)8-10/h2,4,6,8-9,17H,3,5,7H2,1H3. The minimum Gasteiger partial charge on any atom is -0.383 e. The van der Waals surface area contributed by atoms with Gasteiger partial charge in [-0.2, -0.15) is 5.10 Å². The molecule has 0 aliphatic heterocycles. The highest BCUT2D eigenvalue weighted by atomic mass is 79.9. The molecule has 0 fully saturated rings. The zero-order valence-corrected chi connectivity index (χ0v) is 14.2. The molecule has 0 saturated carbocycles. The fourth-order valence-corrected chi connectivity index (χ4v) is 2.79. The maximum absolute atomic E-state index is 11.7. The second kappa shape index (κ2) is 7.04. The Balaban J connectivity index is 1.88. The second-order valence-electron chi connectivity index (χ2n) is 4.46. The van der Waals surface area contributed by atoms with E-state index in [4.69, 9.17) is 0 Å². The third kappa shape index (κ3) is 3.93. The number of nitrogens with one attached hydrogen (secondary N) is 1. The van der Waals surface area contributed by atoms with Gasteiger partial charge in [-0.15, -0.1) is 0 Å². The van der Waals surface area contributed by atoms with Crippen LogP contribution >= 0.6 is 31.9 Å². The number of anilines is 1. The molecule has 1 N–H and O–H groups in total. The fraction of sp³-hybridized carbons (Fsp3) is 0.286. The summed E-state index contributed by atoms with van der Waals surface area (Å²) in [4.78, 5) is 11.7. The van der Waals surface area contributed by atoms with E-state index in [1.54, 1.807) is 13.2 Å². The highest BCUT2D eigenvalue weighted by molar-refractivity contribution is 9.10. The minimum atomic E-state index is -0.137. The van der Waals surface area contributed by atoms with Gasteiger partial charge in [0.2, 0.25) is 0 Å². The van der Waals surface area contributed by atoms with Crippen LogP contribution in [0.1, 0.15) is 12.0 Å². The van der Waals surface area contributed by atoms with E-state index in [2.05, 4.69) is 54.4 Å². The molecule has 106 valence electrons. The van der Waals surface area contributed by atoms with Crippen molar-refractivity contribution < 1.29 is 0 Å². The molecule has 20 heavy (non-hydrogen) atoms. The van der Waals surface area contributed by atoms with Crippen LogP contribution in [0.2, 0.25) is 0 Å². The predicted molar refractivity (Wildman–Crippen MR) is 88.1 cm³/mol. The number of aromatic nitrogens is 2. The number of rotatable bonds is 5. The molecule has 1 aromatic heterocycles. The molecule has 0 spiro atoms. The third-order valence-corrected chi connectivity index (χ3v) is 4.18. The summed E-state index contributed by atoms with van der Waals surface area (Å²) in [7, 11) is 1.63. The molecule has 1 aromatic carbocycles. The van der Waals surface area contributed by atoms with Crippen LogP contribution in [0.15, 0.2) is 44.2 Å². The van der Waals surface area contributed by atoms with Crippen LogP contribution in [-0.4, -0.2) is 16.3 Å². The highest BCUT2D eigenvalue weighted by Crippen LogP contribution is 2.16. The molecule has 0 aliphatic rings. The van der Waals surface area contributed by atoms with Gasteiger partial charge in [0, 0.05) is 18.1 Å². The molecule has 2 rings (SSSR count). The monoisotopic (exact) mass is 399 g/mol. The van der Waals surface area contributed by atoms with Crippen LogP contribution in [0.4, 0.5) is 5.69 Å². The van der Waals surface area contributed by atoms with Crippen molar-refractivity contribution in [3.63, 3.8) is 0 Å². The largest absolute Gasteiger partial charge is 0.383 e. The Labute approximate surface area is 134 Å². The first-order chi connectivity index (χ1) is 9.58. The van der Waals surface area contributed by atoms with Crippen LogP contribution in [0.3, 0.4) is 0 Å². The van der Waals surface area contributed by atoms with Gasteiger partial charge in [0.25, 0.3) is 5.56 Å². The van der Waals surface area contributed by atoms with Crippen LogP contribution in [0.25, 0.3) is 0 Å². The molecule has 1 heterocycles. The molecule has 0 unspecified atom stereocenters. The fourth-order valence-electron chi connectivity index (χ4n) is 1.84. The van der Waals surface area contributed by atoms with E-state index >= 15 is 0 Å². The minimum absolute atomic E-state index is 0.137. The van der Waals surface area contributed by atoms with Gasteiger partial charge in [-0.3, -0.25) is 4.79 Å². The normalized spacial score (nSPS) is 10.6. The summed E-state index contributed by atoms with van der Waals surface area (Å²) >= 11 is 6.76. The van der Waals surface area contributed by atoms with Crippen LogP contribution < -0.4 is 10.9 Å². The van der Waals surface area contributed by atoms with Gasteiger partial charge in [-0.05, 0) is 46.5 Å². The molecular formula is C14H15Br2N3O. The first-order valence-corrected chi connectivity index (χ1v) is 7.86. The molecule has 0 amide bonds. The van der Waals surface area contributed by atoms with Crippen molar-refractivity contribution in [2.45, 2.75) is 12.8 Å². The Morgan fingerprint density at radius 2 is 2.15 bits per heavy atom. The van der Waals surface area contributed by atoms with Gasteiger partial charge in [0.15, 0.2) is 0 Å². The molecule has 0 atom stereocenters. The number of halogens is 2. The van der Waals surface area contributed by atoms with Gasteiger partial charge >= 0.3 is 0 Å². The summed E-state index contributed by atoms with van der Waals surface area (Å²) in [6.07, 6.45) is 3.63. The van der Waals surface area contributed by atoms with Crippen molar-refractivity contribution >= 4 is 37.5 Å². The molecule has 0 aliphatic carbocycles. The zero-order valence-electron chi connectivity index (χ0n) is 11.1. The van der Waals surface area contributed by atoms with Crippen molar-refractivity contribution in [3.05, 3.63) is 55.3 Å². The molecule has 4 nitrogen and oxygen atoms in total. The number of nitrogens with zero attached hydrogens (tertiary/aromatic N) is 2. The molecule has 6 heteroatoms. The Morgan fingerprint density at radius 1 is 1.35 bits per heavy atom. The first-order valence-electron chi connectivity index (χ1n) is 6.28. The highest BCUT2D eigenvalue weighted by Gasteiger charge is 2.05. The molecule has 0 saturated heterocycles. The van der Waals surface area contributed by atoms with Gasteiger partial charge < -0.3 is 5.32 Å². The van der Waals surface area contributed by atoms with Gasteiger partial charge in [0.1, 0.15) is 4.47 Å². The summed E-state index contributed by atoms with van der Waals surface area (Å²) < 4.78 is 2.93. The van der Waals surface area contributed by atoms with Crippen LogP contribution in [-0.2, 0) is 13.5 Å². The maximum atomic E-state index is 11.7. The first kappa shape index (κ1) is 15.3. The molecular weight excluding hydrogens is 386 g/mol. The SMILES string of the molecule is Cn1ncc(NCCCc2cccc(Br)c2)c(Br)c1=O. The van der Waals surface area contributed by atoms with Crippen LogP contribution in [0.5, 0.6) is 0 Å². The van der Waals surface area contributed by atoms with Crippen molar-refractivity contribution in [2.75, 3.05) is 11.9 Å². The Bertz CT molecular complexity index is 655. The molecule has 0 radical (unpaired) electrons.